The number of halogens is 1. The van der Waals surface area contributed by atoms with Crippen LogP contribution in [-0.4, -0.2) is 42.3 Å². The number of carboxylic acid groups (broad SMARTS) is 1. The summed E-state index contributed by atoms with van der Waals surface area (Å²) in [5.74, 6) is -0.696. The number of ether oxygens (including phenoxy) is 2. The fourth-order valence-electron chi connectivity index (χ4n) is 4.38. The van der Waals surface area contributed by atoms with Crippen LogP contribution in [0.1, 0.15) is 28.7 Å². The predicted octanol–water partition coefficient (Wildman–Crippen LogP) is 4.38. The van der Waals surface area contributed by atoms with E-state index in [0.29, 0.717) is 29.0 Å². The van der Waals surface area contributed by atoms with Gasteiger partial charge in [-0.25, -0.2) is 4.39 Å². The van der Waals surface area contributed by atoms with Gasteiger partial charge in [0.2, 0.25) is 0 Å². The van der Waals surface area contributed by atoms with E-state index in [9.17, 15) is 9.90 Å². The lowest BCUT2D eigenvalue weighted by molar-refractivity contribution is -0.136. The predicted molar refractivity (Wildman–Crippen MR) is 133 cm³/mol. The maximum Gasteiger partial charge on any atom is 0.307 e. The lowest BCUT2D eigenvalue weighted by atomic mass is 9.97. The Labute approximate surface area is 205 Å². The molecule has 35 heavy (non-hydrogen) atoms. The second-order valence-electron chi connectivity index (χ2n) is 8.73. The van der Waals surface area contributed by atoms with Crippen molar-refractivity contribution >= 4 is 5.97 Å². The Kier molecular flexibility index (Phi) is 8.47. The van der Waals surface area contributed by atoms with E-state index < -0.39 is 5.97 Å². The highest BCUT2D eigenvalue weighted by atomic mass is 19.1. The van der Waals surface area contributed by atoms with Gasteiger partial charge in [-0.15, -0.1) is 0 Å². The molecule has 4 rings (SSSR count). The molecule has 1 aliphatic heterocycles. The van der Waals surface area contributed by atoms with Gasteiger partial charge >= 0.3 is 5.97 Å². The van der Waals surface area contributed by atoms with Gasteiger partial charge in [-0.2, -0.15) is 0 Å². The number of para-hydroxylation sites is 1. The smallest absolute Gasteiger partial charge is 0.307 e. The van der Waals surface area contributed by atoms with Crippen LogP contribution in [0.5, 0.6) is 5.75 Å². The number of carbonyl (C=O) groups is 1. The van der Waals surface area contributed by atoms with Crippen molar-refractivity contribution in [1.29, 1.82) is 0 Å². The van der Waals surface area contributed by atoms with E-state index >= 15 is 4.39 Å². The minimum absolute atomic E-state index is 0.115. The van der Waals surface area contributed by atoms with E-state index in [1.165, 1.54) is 0 Å². The van der Waals surface area contributed by atoms with Gasteiger partial charge in [0.1, 0.15) is 18.2 Å². The first kappa shape index (κ1) is 24.9. The van der Waals surface area contributed by atoms with Gasteiger partial charge in [0, 0.05) is 49.5 Å². The lowest BCUT2D eigenvalue weighted by Gasteiger charge is -2.21. The summed E-state index contributed by atoms with van der Waals surface area (Å²) < 4.78 is 26.8. The van der Waals surface area contributed by atoms with E-state index in [2.05, 4.69) is 11.0 Å². The summed E-state index contributed by atoms with van der Waals surface area (Å²) in [7, 11) is 0. The molecule has 0 spiro atoms. The number of benzene rings is 3. The third-order valence-electron chi connectivity index (χ3n) is 6.09. The Hall–Kier alpha value is -3.26. The molecule has 0 unspecified atom stereocenters. The van der Waals surface area contributed by atoms with Crippen LogP contribution in [0.15, 0.2) is 60.7 Å². The van der Waals surface area contributed by atoms with Crippen molar-refractivity contribution in [3.05, 3.63) is 88.7 Å². The lowest BCUT2D eigenvalue weighted by Crippen LogP contribution is -2.25. The van der Waals surface area contributed by atoms with Crippen molar-refractivity contribution in [2.45, 2.75) is 32.5 Å². The molecule has 184 valence electrons. The molecule has 0 bridgehead atoms. The minimum Gasteiger partial charge on any atom is -0.489 e. The number of hydrogen-bond acceptors (Lipinski definition) is 5. The third kappa shape index (κ3) is 6.66. The standard InChI is InChI=1S/C28H31FN2O4/c29-28-23(17-30)6-3-7-25(28)24-14-20(18-31-9-4-11-34-12-10-31)13-21(15-24)19-35-26-8-2-1-5-22(26)16-27(32)33/h1-3,5-8,13-15H,4,9-12,16-19,30H2,(H,32,33). The second-order valence-corrected chi connectivity index (χ2v) is 8.73. The van der Waals surface area contributed by atoms with Crippen molar-refractivity contribution in [1.82, 2.24) is 4.90 Å². The summed E-state index contributed by atoms with van der Waals surface area (Å²) in [6.07, 6.45) is 0.860. The van der Waals surface area contributed by atoms with Gasteiger partial charge < -0.3 is 20.3 Å². The normalized spacial score (nSPS) is 14.5. The zero-order valence-corrected chi connectivity index (χ0v) is 19.7. The minimum atomic E-state index is -0.915. The summed E-state index contributed by atoms with van der Waals surface area (Å²) in [4.78, 5) is 13.6. The summed E-state index contributed by atoms with van der Waals surface area (Å²) in [5, 5.41) is 9.21. The quantitative estimate of drug-likeness (QED) is 0.475. The van der Waals surface area contributed by atoms with Gasteiger partial charge in [0.15, 0.2) is 0 Å². The number of nitrogens with two attached hydrogens (primary N) is 1. The molecule has 7 heteroatoms. The Morgan fingerprint density at radius 1 is 1.03 bits per heavy atom. The first-order valence-electron chi connectivity index (χ1n) is 11.9. The molecular weight excluding hydrogens is 447 g/mol. The highest BCUT2D eigenvalue weighted by Gasteiger charge is 2.15. The van der Waals surface area contributed by atoms with Crippen LogP contribution in [-0.2, 0) is 35.6 Å². The van der Waals surface area contributed by atoms with Crippen molar-refractivity contribution in [2.75, 3.05) is 26.3 Å². The van der Waals surface area contributed by atoms with E-state index in [4.69, 9.17) is 15.2 Å². The number of carboxylic acids is 1. The van der Waals surface area contributed by atoms with Crippen molar-refractivity contribution in [2.24, 2.45) is 5.73 Å². The maximum atomic E-state index is 15.2. The van der Waals surface area contributed by atoms with Crippen molar-refractivity contribution in [3.63, 3.8) is 0 Å². The summed E-state index contributed by atoms with van der Waals surface area (Å²) in [6.45, 7) is 4.33. The van der Waals surface area contributed by atoms with Gasteiger partial charge in [-0.1, -0.05) is 42.5 Å². The first-order valence-corrected chi connectivity index (χ1v) is 11.9. The molecule has 0 aliphatic carbocycles. The summed E-state index contributed by atoms with van der Waals surface area (Å²) in [5.41, 5.74) is 10.0. The molecule has 0 atom stereocenters. The second kappa shape index (κ2) is 11.9. The van der Waals surface area contributed by atoms with E-state index in [1.807, 2.05) is 24.3 Å². The number of aliphatic carboxylic acids is 1. The average molecular weight is 479 g/mol. The van der Waals surface area contributed by atoms with Crippen molar-refractivity contribution < 1.29 is 23.8 Å². The van der Waals surface area contributed by atoms with Gasteiger partial charge in [-0.3, -0.25) is 9.69 Å². The van der Waals surface area contributed by atoms with Crippen LogP contribution in [0.2, 0.25) is 0 Å². The van der Waals surface area contributed by atoms with Gasteiger partial charge in [-0.05, 0) is 41.3 Å². The topological polar surface area (TPSA) is 85.0 Å². The molecule has 0 saturated carbocycles. The van der Waals surface area contributed by atoms with Crippen LogP contribution in [0, 0.1) is 5.82 Å². The van der Waals surface area contributed by atoms with Crippen molar-refractivity contribution in [3.8, 4) is 16.9 Å². The number of rotatable bonds is 9. The molecule has 1 aliphatic rings. The molecule has 3 aromatic carbocycles. The zero-order chi connectivity index (χ0) is 24.6. The Morgan fingerprint density at radius 2 is 1.83 bits per heavy atom. The SMILES string of the molecule is NCc1cccc(-c2cc(COc3ccccc3CC(=O)O)cc(CN3CCCOCC3)c2)c1F. The molecule has 3 N–H and O–H groups in total. The highest BCUT2D eigenvalue weighted by Crippen LogP contribution is 2.29. The monoisotopic (exact) mass is 478 g/mol. The van der Waals surface area contributed by atoms with Gasteiger partial charge in [0.05, 0.1) is 13.0 Å². The Morgan fingerprint density at radius 3 is 2.66 bits per heavy atom. The fraction of sp³-hybridized carbons (Fsp3) is 0.321. The molecule has 0 aromatic heterocycles. The molecular formula is C28H31FN2O4. The van der Waals surface area contributed by atoms with E-state index in [-0.39, 0.29) is 25.4 Å². The van der Waals surface area contributed by atoms with Crippen LogP contribution in [0.25, 0.3) is 11.1 Å². The molecule has 1 heterocycles. The summed E-state index contributed by atoms with van der Waals surface area (Å²) >= 11 is 0. The first-order chi connectivity index (χ1) is 17.0. The third-order valence-corrected chi connectivity index (χ3v) is 6.09. The molecule has 0 amide bonds. The Bertz CT molecular complexity index is 1160. The highest BCUT2D eigenvalue weighted by molar-refractivity contribution is 5.71. The summed E-state index contributed by atoms with van der Waals surface area (Å²) in [6, 6.07) is 18.4. The molecule has 1 fully saturated rings. The molecule has 6 nitrogen and oxygen atoms in total. The van der Waals surface area contributed by atoms with Crippen LogP contribution < -0.4 is 10.5 Å². The fourth-order valence-corrected chi connectivity index (χ4v) is 4.38. The largest absolute Gasteiger partial charge is 0.489 e. The Balaban J connectivity index is 1.64. The van der Waals surface area contributed by atoms with Gasteiger partial charge in [0.25, 0.3) is 0 Å². The molecule has 1 saturated heterocycles. The van der Waals surface area contributed by atoms with Crippen LogP contribution >= 0.6 is 0 Å². The molecule has 0 radical (unpaired) electrons. The average Bonchev–Trinajstić information content (AvgIpc) is 3.12. The van der Waals surface area contributed by atoms with E-state index in [0.717, 1.165) is 49.4 Å². The molecule has 3 aromatic rings. The van der Waals surface area contributed by atoms with Crippen LogP contribution in [0.3, 0.4) is 0 Å². The van der Waals surface area contributed by atoms with Crippen LogP contribution in [0.4, 0.5) is 4.39 Å². The zero-order valence-electron chi connectivity index (χ0n) is 19.7. The maximum absolute atomic E-state index is 15.2. The number of nitrogens with zero attached hydrogens (tertiary/aromatic N) is 1. The van der Waals surface area contributed by atoms with E-state index in [1.54, 1.807) is 30.3 Å². The number of hydrogen-bond donors (Lipinski definition) is 2.